The van der Waals surface area contributed by atoms with Crippen LogP contribution in [0.3, 0.4) is 0 Å². The van der Waals surface area contributed by atoms with Gasteiger partial charge in [0.25, 0.3) is 0 Å². The number of methoxy groups -OCH3 is 1. The average Bonchev–Trinajstić information content (AvgIpc) is 2.87. The molecule has 0 bridgehead atoms. The van der Waals surface area contributed by atoms with Gasteiger partial charge in [-0.25, -0.2) is 0 Å². The van der Waals surface area contributed by atoms with E-state index in [-0.39, 0.29) is 17.8 Å². The van der Waals surface area contributed by atoms with Gasteiger partial charge in [0.15, 0.2) is 0 Å². The van der Waals surface area contributed by atoms with E-state index in [2.05, 4.69) is 64.1 Å². The van der Waals surface area contributed by atoms with Gasteiger partial charge in [-0.1, -0.05) is 86.7 Å². The maximum absolute atomic E-state index is 8.90. The Balaban J connectivity index is 1.51. The number of aliphatic hydroxyl groups excluding tert-OH is 1. The molecule has 3 rings (SSSR count). The summed E-state index contributed by atoms with van der Waals surface area (Å²) in [4.78, 5) is 0. The number of ether oxygens (including phenoxy) is 3. The van der Waals surface area contributed by atoms with Crippen molar-refractivity contribution in [2.75, 3.05) is 7.11 Å². The van der Waals surface area contributed by atoms with Crippen LogP contribution in [-0.2, 0) is 11.2 Å². The molecular formula is C33H38O4. The van der Waals surface area contributed by atoms with Crippen molar-refractivity contribution in [3.8, 4) is 11.5 Å². The quantitative estimate of drug-likeness (QED) is 0.155. The summed E-state index contributed by atoms with van der Waals surface area (Å²) >= 11 is 0. The van der Waals surface area contributed by atoms with Crippen molar-refractivity contribution in [1.82, 2.24) is 0 Å². The number of rotatable bonds is 12. The smallest absolute Gasteiger partial charge is 0.201 e. The lowest BCUT2D eigenvalue weighted by Crippen LogP contribution is -2.30. The zero-order valence-electron chi connectivity index (χ0n) is 22.4. The Morgan fingerprint density at radius 3 is 1.70 bits per heavy atom. The van der Waals surface area contributed by atoms with Crippen LogP contribution in [0.5, 0.6) is 11.5 Å². The topological polar surface area (TPSA) is 47.9 Å². The Morgan fingerprint density at radius 1 is 0.730 bits per heavy atom. The standard InChI is InChI=1S/C33H38O4/c1-25(2)32(35-5)36-30-18-14-26(15-19-30)8-6-7-9-27-16-20-31(21-17-27)37-33(3,4)24-29-12-10-28(11-13-29)22-23-34/h6-23,25,32,34H,24H2,1-5H3. The minimum absolute atomic E-state index is 0.250. The van der Waals surface area contributed by atoms with Crippen LogP contribution >= 0.6 is 0 Å². The Labute approximate surface area is 221 Å². The van der Waals surface area contributed by atoms with Crippen LogP contribution < -0.4 is 9.47 Å². The minimum Gasteiger partial charge on any atom is -0.516 e. The molecule has 0 aliphatic heterocycles. The third kappa shape index (κ3) is 9.32. The largest absolute Gasteiger partial charge is 0.516 e. The zero-order chi connectivity index (χ0) is 26.7. The first-order valence-corrected chi connectivity index (χ1v) is 12.6. The summed E-state index contributed by atoms with van der Waals surface area (Å²) in [5.74, 6) is 1.92. The predicted molar refractivity (Wildman–Crippen MR) is 154 cm³/mol. The van der Waals surface area contributed by atoms with Crippen LogP contribution in [0.2, 0.25) is 0 Å². The Morgan fingerprint density at radius 2 is 1.22 bits per heavy atom. The summed E-state index contributed by atoms with van der Waals surface area (Å²) in [5, 5.41) is 8.90. The van der Waals surface area contributed by atoms with E-state index in [0.717, 1.165) is 40.9 Å². The molecule has 0 heterocycles. The predicted octanol–water partition coefficient (Wildman–Crippen LogP) is 8.35. The molecule has 0 saturated carbocycles. The van der Waals surface area contributed by atoms with E-state index in [1.165, 1.54) is 5.56 Å². The lowest BCUT2D eigenvalue weighted by Gasteiger charge is -2.27. The highest BCUT2D eigenvalue weighted by Gasteiger charge is 2.20. The number of hydrogen-bond acceptors (Lipinski definition) is 4. The van der Waals surface area contributed by atoms with E-state index in [1.54, 1.807) is 13.2 Å². The molecule has 1 atom stereocenters. The highest BCUT2D eigenvalue weighted by molar-refractivity contribution is 5.58. The van der Waals surface area contributed by atoms with Gasteiger partial charge in [-0.3, -0.25) is 0 Å². The van der Waals surface area contributed by atoms with Gasteiger partial charge >= 0.3 is 0 Å². The SMILES string of the molecule is COC(Oc1ccc(C=CC=Cc2ccc(OC(C)(C)Cc3ccc(C=CO)cc3)cc2)cc1)C(C)C. The average molecular weight is 499 g/mol. The zero-order valence-corrected chi connectivity index (χ0v) is 22.4. The van der Waals surface area contributed by atoms with Gasteiger partial charge in [0, 0.05) is 19.4 Å². The lowest BCUT2D eigenvalue weighted by atomic mass is 9.97. The first-order valence-electron chi connectivity index (χ1n) is 12.6. The third-order valence-corrected chi connectivity index (χ3v) is 5.75. The number of allylic oxidation sites excluding steroid dienone is 2. The van der Waals surface area contributed by atoms with E-state index in [4.69, 9.17) is 19.3 Å². The van der Waals surface area contributed by atoms with Crippen molar-refractivity contribution in [3.63, 3.8) is 0 Å². The molecule has 3 aromatic rings. The van der Waals surface area contributed by atoms with Crippen molar-refractivity contribution in [1.29, 1.82) is 0 Å². The summed E-state index contributed by atoms with van der Waals surface area (Å²) in [6.07, 6.45) is 11.4. The van der Waals surface area contributed by atoms with Crippen molar-refractivity contribution in [3.05, 3.63) is 113 Å². The van der Waals surface area contributed by atoms with Gasteiger partial charge in [0.2, 0.25) is 6.29 Å². The van der Waals surface area contributed by atoms with Gasteiger partial charge in [-0.05, 0) is 66.4 Å². The highest BCUT2D eigenvalue weighted by Crippen LogP contribution is 2.23. The second-order valence-electron chi connectivity index (χ2n) is 9.92. The van der Waals surface area contributed by atoms with Crippen LogP contribution in [0.1, 0.15) is 49.9 Å². The van der Waals surface area contributed by atoms with Gasteiger partial charge in [0.1, 0.15) is 17.1 Å². The molecule has 3 aromatic carbocycles. The number of benzene rings is 3. The second kappa shape index (κ2) is 13.5. The Kier molecular flexibility index (Phi) is 10.2. The van der Waals surface area contributed by atoms with Crippen LogP contribution in [-0.4, -0.2) is 24.1 Å². The van der Waals surface area contributed by atoms with Crippen molar-refractivity contribution in [2.24, 2.45) is 5.92 Å². The molecular weight excluding hydrogens is 460 g/mol. The van der Waals surface area contributed by atoms with Gasteiger partial charge < -0.3 is 19.3 Å². The molecule has 0 radical (unpaired) electrons. The van der Waals surface area contributed by atoms with E-state index >= 15 is 0 Å². The molecule has 1 N–H and O–H groups in total. The fourth-order valence-corrected chi connectivity index (χ4v) is 3.91. The van der Waals surface area contributed by atoms with E-state index in [0.29, 0.717) is 0 Å². The molecule has 0 aromatic heterocycles. The maximum atomic E-state index is 8.90. The first kappa shape index (κ1) is 27.8. The molecule has 4 nitrogen and oxygen atoms in total. The van der Waals surface area contributed by atoms with Crippen LogP contribution in [0.25, 0.3) is 18.2 Å². The molecule has 0 amide bonds. The molecule has 0 aliphatic rings. The van der Waals surface area contributed by atoms with Gasteiger partial charge in [-0.2, -0.15) is 0 Å². The van der Waals surface area contributed by atoms with Crippen LogP contribution in [0.15, 0.2) is 91.2 Å². The van der Waals surface area contributed by atoms with Crippen molar-refractivity contribution < 1.29 is 19.3 Å². The summed E-state index contributed by atoms with van der Waals surface area (Å²) < 4.78 is 17.5. The molecule has 37 heavy (non-hydrogen) atoms. The van der Waals surface area contributed by atoms with Gasteiger partial charge in [-0.15, -0.1) is 0 Å². The maximum Gasteiger partial charge on any atom is 0.201 e. The first-order chi connectivity index (χ1) is 17.8. The Bertz CT molecular complexity index is 1170. The van der Waals surface area contributed by atoms with Gasteiger partial charge in [0.05, 0.1) is 6.26 Å². The van der Waals surface area contributed by atoms with Crippen LogP contribution in [0.4, 0.5) is 0 Å². The monoisotopic (exact) mass is 498 g/mol. The molecule has 194 valence electrons. The van der Waals surface area contributed by atoms with Crippen molar-refractivity contribution >= 4 is 18.2 Å². The minimum atomic E-state index is -0.353. The summed E-state index contributed by atoms with van der Waals surface area (Å²) in [6, 6.07) is 24.2. The molecule has 4 heteroatoms. The molecule has 0 saturated heterocycles. The van der Waals surface area contributed by atoms with E-state index in [9.17, 15) is 0 Å². The Hall–Kier alpha value is -3.76. The fourth-order valence-electron chi connectivity index (χ4n) is 3.91. The summed E-state index contributed by atoms with van der Waals surface area (Å²) in [6.45, 7) is 8.32. The normalized spacial score (nSPS) is 13.1. The lowest BCUT2D eigenvalue weighted by molar-refractivity contribution is -0.0833. The molecule has 0 spiro atoms. The second-order valence-corrected chi connectivity index (χ2v) is 9.92. The van der Waals surface area contributed by atoms with E-state index in [1.807, 2.05) is 60.7 Å². The summed E-state index contributed by atoms with van der Waals surface area (Å²) in [7, 11) is 1.66. The molecule has 0 fully saturated rings. The number of hydrogen-bond donors (Lipinski definition) is 1. The summed E-state index contributed by atoms with van der Waals surface area (Å²) in [5.41, 5.74) is 4.00. The number of aliphatic hydroxyl groups is 1. The van der Waals surface area contributed by atoms with Crippen LogP contribution in [0, 0.1) is 5.92 Å². The molecule has 1 unspecified atom stereocenters. The van der Waals surface area contributed by atoms with E-state index < -0.39 is 0 Å². The molecule has 0 aliphatic carbocycles. The van der Waals surface area contributed by atoms with Crippen molar-refractivity contribution in [2.45, 2.75) is 46.0 Å². The highest BCUT2D eigenvalue weighted by atomic mass is 16.7. The third-order valence-electron chi connectivity index (χ3n) is 5.75. The fraction of sp³-hybridized carbons (Fsp3) is 0.273.